The third kappa shape index (κ3) is 2.69. The van der Waals surface area contributed by atoms with E-state index in [4.69, 9.17) is 4.74 Å². The molecule has 0 saturated carbocycles. The van der Waals surface area contributed by atoms with Gasteiger partial charge in [0.05, 0.1) is 11.9 Å². The first-order chi connectivity index (χ1) is 10.2. The molecule has 0 bridgehead atoms. The van der Waals surface area contributed by atoms with Gasteiger partial charge in [-0.05, 0) is 22.8 Å². The number of H-pyrrole nitrogens is 1. The van der Waals surface area contributed by atoms with Crippen LogP contribution in [-0.4, -0.2) is 16.2 Å². The summed E-state index contributed by atoms with van der Waals surface area (Å²) in [5.74, 6) is -0.125. The summed E-state index contributed by atoms with van der Waals surface area (Å²) in [5, 5.41) is 9.98. The highest BCUT2D eigenvalue weighted by atomic mass is 32.1. The van der Waals surface area contributed by atoms with Crippen LogP contribution in [0, 0.1) is 0 Å². The molecular weight excluding hydrogens is 284 g/mol. The lowest BCUT2D eigenvalue weighted by Crippen LogP contribution is -2.07. The Bertz CT molecular complexity index is 773. The van der Waals surface area contributed by atoms with E-state index in [1.165, 1.54) is 10.9 Å². The van der Waals surface area contributed by atoms with Crippen molar-refractivity contribution in [3.63, 3.8) is 0 Å². The molecule has 2 aromatic heterocycles. The van der Waals surface area contributed by atoms with Crippen LogP contribution in [0.15, 0.2) is 35.8 Å². The molecule has 2 heterocycles. The highest BCUT2D eigenvalue weighted by Crippen LogP contribution is 2.26. The summed E-state index contributed by atoms with van der Waals surface area (Å²) in [4.78, 5) is 12.2. The molecule has 0 aliphatic rings. The fraction of sp³-hybridized carbons (Fsp3) is 0.250. The van der Waals surface area contributed by atoms with E-state index in [9.17, 15) is 4.79 Å². The maximum Gasteiger partial charge on any atom is 0.341 e. The molecule has 4 nitrogen and oxygen atoms in total. The Balaban J connectivity index is 1.75. The van der Waals surface area contributed by atoms with Crippen LogP contribution in [0.5, 0.6) is 0 Å². The minimum absolute atomic E-state index is 0.206. The number of nitrogens with zero attached hydrogens (tertiary/aromatic N) is 1. The van der Waals surface area contributed by atoms with Crippen LogP contribution >= 0.6 is 11.3 Å². The molecule has 0 atom stereocenters. The second kappa shape index (κ2) is 5.69. The summed E-state index contributed by atoms with van der Waals surface area (Å²) in [6.45, 7) is 4.30. The quantitative estimate of drug-likeness (QED) is 0.738. The largest absolute Gasteiger partial charge is 0.457 e. The molecule has 1 aromatic carbocycles. The first-order valence-electron chi connectivity index (χ1n) is 6.82. The Hall–Kier alpha value is -2.14. The van der Waals surface area contributed by atoms with E-state index >= 15 is 0 Å². The summed E-state index contributed by atoms with van der Waals surface area (Å²) in [6, 6.07) is 8.12. The van der Waals surface area contributed by atoms with E-state index in [1.807, 2.05) is 37.4 Å². The van der Waals surface area contributed by atoms with Gasteiger partial charge in [0.25, 0.3) is 0 Å². The molecule has 0 spiro atoms. The zero-order valence-corrected chi connectivity index (χ0v) is 12.7. The van der Waals surface area contributed by atoms with Crippen LogP contribution in [0.2, 0.25) is 0 Å². The molecule has 0 saturated heterocycles. The minimum atomic E-state index is -0.331. The second-order valence-corrected chi connectivity index (χ2v) is 6.10. The van der Waals surface area contributed by atoms with Crippen LogP contribution in [0.25, 0.3) is 10.1 Å². The van der Waals surface area contributed by atoms with Gasteiger partial charge in [0, 0.05) is 10.3 Å². The van der Waals surface area contributed by atoms with E-state index < -0.39 is 0 Å². The number of fused-ring (bicyclic) bond motifs is 1. The summed E-state index contributed by atoms with van der Waals surface area (Å²) >= 11 is 1.66. The van der Waals surface area contributed by atoms with Gasteiger partial charge in [0.15, 0.2) is 0 Å². The van der Waals surface area contributed by atoms with Crippen molar-refractivity contribution in [2.45, 2.75) is 26.4 Å². The molecule has 108 valence electrons. The van der Waals surface area contributed by atoms with E-state index in [1.54, 1.807) is 11.3 Å². The van der Waals surface area contributed by atoms with Gasteiger partial charge in [0.2, 0.25) is 0 Å². The Morgan fingerprint density at radius 1 is 1.38 bits per heavy atom. The second-order valence-electron chi connectivity index (χ2n) is 5.19. The number of nitrogens with one attached hydrogen (secondary N) is 1. The number of aromatic amines is 1. The number of esters is 1. The smallest absolute Gasteiger partial charge is 0.341 e. The standard InChI is InChI=1S/C16H16N2O2S/c1-10(2)15-13(7-17-18-15)16(19)20-8-11-9-21-14-6-4-3-5-12(11)14/h3-7,9-10H,8H2,1-2H3,(H,17,18). The number of hydrogen-bond acceptors (Lipinski definition) is 4. The Morgan fingerprint density at radius 3 is 3.00 bits per heavy atom. The predicted octanol–water partition coefficient (Wildman–Crippen LogP) is 4.10. The molecular formula is C16H16N2O2S. The van der Waals surface area contributed by atoms with Crippen molar-refractivity contribution in [2.24, 2.45) is 0 Å². The molecule has 3 aromatic rings. The highest BCUT2D eigenvalue weighted by Gasteiger charge is 2.18. The average molecular weight is 300 g/mol. The first-order valence-corrected chi connectivity index (χ1v) is 7.70. The molecule has 0 fully saturated rings. The molecule has 0 radical (unpaired) electrons. The van der Waals surface area contributed by atoms with Crippen molar-refractivity contribution >= 4 is 27.4 Å². The maximum atomic E-state index is 12.2. The van der Waals surface area contributed by atoms with Gasteiger partial charge in [-0.25, -0.2) is 4.79 Å². The van der Waals surface area contributed by atoms with E-state index in [0.29, 0.717) is 5.56 Å². The number of thiophene rings is 1. The van der Waals surface area contributed by atoms with E-state index in [2.05, 4.69) is 16.3 Å². The van der Waals surface area contributed by atoms with Crippen LogP contribution < -0.4 is 0 Å². The summed E-state index contributed by atoms with van der Waals surface area (Å²) < 4.78 is 6.64. The summed E-state index contributed by atoms with van der Waals surface area (Å²) in [7, 11) is 0. The SMILES string of the molecule is CC(C)c1[nH]ncc1C(=O)OCc1csc2ccccc12. The van der Waals surface area contributed by atoms with Gasteiger partial charge in [0.1, 0.15) is 12.2 Å². The van der Waals surface area contributed by atoms with Gasteiger partial charge in [-0.3, -0.25) is 5.10 Å². The third-order valence-electron chi connectivity index (χ3n) is 3.39. The maximum absolute atomic E-state index is 12.2. The van der Waals surface area contributed by atoms with Gasteiger partial charge < -0.3 is 4.74 Å². The molecule has 0 aliphatic heterocycles. The number of ether oxygens (including phenoxy) is 1. The number of carbonyl (C=O) groups excluding carboxylic acids is 1. The third-order valence-corrected chi connectivity index (χ3v) is 4.40. The van der Waals surface area contributed by atoms with Crippen molar-refractivity contribution in [1.29, 1.82) is 0 Å². The monoisotopic (exact) mass is 300 g/mol. The number of rotatable bonds is 4. The van der Waals surface area contributed by atoms with Crippen molar-refractivity contribution in [2.75, 3.05) is 0 Å². The Labute approximate surface area is 126 Å². The average Bonchev–Trinajstić information content (AvgIpc) is 3.12. The zero-order chi connectivity index (χ0) is 14.8. The number of benzene rings is 1. The normalized spacial score (nSPS) is 11.2. The van der Waals surface area contributed by atoms with Gasteiger partial charge in [-0.2, -0.15) is 5.10 Å². The van der Waals surface area contributed by atoms with Crippen molar-refractivity contribution < 1.29 is 9.53 Å². The van der Waals surface area contributed by atoms with Gasteiger partial charge in [-0.1, -0.05) is 32.0 Å². The van der Waals surface area contributed by atoms with Crippen LogP contribution in [0.3, 0.4) is 0 Å². The topological polar surface area (TPSA) is 55.0 Å². The zero-order valence-electron chi connectivity index (χ0n) is 11.9. The molecule has 0 aliphatic carbocycles. The van der Waals surface area contributed by atoms with Crippen LogP contribution in [0.1, 0.15) is 41.4 Å². The van der Waals surface area contributed by atoms with Crippen LogP contribution in [-0.2, 0) is 11.3 Å². The first kappa shape index (κ1) is 13.8. The number of hydrogen-bond donors (Lipinski definition) is 1. The van der Waals surface area contributed by atoms with Gasteiger partial charge in [-0.15, -0.1) is 11.3 Å². The lowest BCUT2D eigenvalue weighted by atomic mass is 10.1. The van der Waals surface area contributed by atoms with Gasteiger partial charge >= 0.3 is 5.97 Å². The molecule has 1 N–H and O–H groups in total. The van der Waals surface area contributed by atoms with E-state index in [-0.39, 0.29) is 18.5 Å². The Kier molecular flexibility index (Phi) is 3.75. The van der Waals surface area contributed by atoms with Crippen molar-refractivity contribution in [3.8, 4) is 0 Å². The lowest BCUT2D eigenvalue weighted by molar-refractivity contribution is 0.0473. The van der Waals surface area contributed by atoms with Crippen molar-refractivity contribution in [1.82, 2.24) is 10.2 Å². The van der Waals surface area contributed by atoms with Crippen LogP contribution in [0.4, 0.5) is 0 Å². The van der Waals surface area contributed by atoms with Crippen molar-refractivity contribution in [3.05, 3.63) is 52.7 Å². The lowest BCUT2D eigenvalue weighted by Gasteiger charge is -2.06. The predicted molar refractivity (Wildman–Crippen MR) is 83.6 cm³/mol. The fourth-order valence-electron chi connectivity index (χ4n) is 2.26. The van der Waals surface area contributed by atoms with E-state index in [0.717, 1.165) is 16.6 Å². The summed E-state index contributed by atoms with van der Waals surface area (Å²) in [5.41, 5.74) is 2.37. The molecule has 21 heavy (non-hydrogen) atoms. The molecule has 3 rings (SSSR count). The highest BCUT2D eigenvalue weighted by molar-refractivity contribution is 7.17. The molecule has 5 heteroatoms. The number of carbonyl (C=O) groups is 1. The molecule has 0 unspecified atom stereocenters. The minimum Gasteiger partial charge on any atom is -0.457 e. The molecule has 0 amide bonds. The Morgan fingerprint density at radius 2 is 2.19 bits per heavy atom. The fourth-order valence-corrected chi connectivity index (χ4v) is 3.21. The summed E-state index contributed by atoms with van der Waals surface area (Å²) in [6.07, 6.45) is 1.53. The number of aromatic nitrogens is 2.